The average Bonchev–Trinajstić information content (AvgIpc) is 3.01. The molecule has 1 aromatic carbocycles. The molecule has 7 nitrogen and oxygen atoms in total. The number of aromatic amines is 1. The zero-order chi connectivity index (χ0) is 19.6. The first-order valence-electron chi connectivity index (χ1n) is 8.22. The van der Waals surface area contributed by atoms with Crippen LogP contribution in [0.5, 0.6) is 5.75 Å². The summed E-state index contributed by atoms with van der Waals surface area (Å²) in [5, 5.41) is 13.6. The van der Waals surface area contributed by atoms with Crippen LogP contribution in [-0.4, -0.2) is 35.1 Å². The summed E-state index contributed by atoms with van der Waals surface area (Å²) in [7, 11) is 0. The van der Waals surface area contributed by atoms with Gasteiger partial charge < -0.3 is 24.1 Å². The lowest BCUT2D eigenvalue weighted by Crippen LogP contribution is -2.51. The Morgan fingerprint density at radius 3 is 2.59 bits per heavy atom. The number of hydrogen-bond donors (Lipinski definition) is 1. The first-order chi connectivity index (χ1) is 12.7. The molecule has 1 amide bonds. The van der Waals surface area contributed by atoms with Gasteiger partial charge in [0.1, 0.15) is 17.6 Å². The van der Waals surface area contributed by atoms with Crippen molar-refractivity contribution in [2.24, 2.45) is 0 Å². The van der Waals surface area contributed by atoms with Gasteiger partial charge in [-0.2, -0.15) is 5.16 Å². The van der Waals surface area contributed by atoms with Crippen LogP contribution < -0.4 is 15.4 Å². The normalized spacial score (nSPS) is 20.5. The molecule has 3 rings (SSSR count). The Labute approximate surface area is 151 Å². The minimum atomic E-state index is -4.77. The fourth-order valence-electron chi connectivity index (χ4n) is 3.34. The van der Waals surface area contributed by atoms with Crippen molar-refractivity contribution in [3.05, 3.63) is 52.0 Å². The molecule has 1 aliphatic rings. The van der Waals surface area contributed by atoms with E-state index in [0.717, 1.165) is 0 Å². The number of alkyl halides is 3. The summed E-state index contributed by atoms with van der Waals surface area (Å²) >= 11 is 0. The molecule has 146 valence electrons. The number of carbonyl (C=O) groups is 1. The monoisotopic (exact) mass is 385 g/mol. The molecular formula is C17H16F3N2O5-. The highest BCUT2D eigenvalue weighted by Gasteiger charge is 2.32. The van der Waals surface area contributed by atoms with Crippen molar-refractivity contribution in [3.8, 4) is 5.75 Å². The van der Waals surface area contributed by atoms with Gasteiger partial charge in [-0.25, -0.2) is 0 Å². The zero-order valence-electron chi connectivity index (χ0n) is 14.0. The highest BCUT2D eigenvalue weighted by molar-refractivity contribution is 5.63. The number of hydrogen-bond acceptors (Lipinski definition) is 5. The van der Waals surface area contributed by atoms with Gasteiger partial charge in [-0.3, -0.25) is 4.79 Å². The van der Waals surface area contributed by atoms with Crippen molar-refractivity contribution >= 4 is 6.09 Å². The molecule has 2 heterocycles. The van der Waals surface area contributed by atoms with E-state index in [0.29, 0.717) is 24.2 Å². The predicted molar refractivity (Wildman–Crippen MR) is 84.0 cm³/mol. The van der Waals surface area contributed by atoms with Gasteiger partial charge in [0, 0.05) is 24.6 Å². The topological polar surface area (TPSA) is 98.6 Å². The molecule has 0 unspecified atom stereocenters. The lowest BCUT2D eigenvalue weighted by Gasteiger charge is -2.40. The highest BCUT2D eigenvalue weighted by Crippen LogP contribution is 2.32. The maximum Gasteiger partial charge on any atom is 0.573 e. The summed E-state index contributed by atoms with van der Waals surface area (Å²) in [6, 6.07) is 6.14. The first-order valence-corrected chi connectivity index (χ1v) is 8.22. The van der Waals surface area contributed by atoms with Gasteiger partial charge in [-0.15, -0.1) is 13.2 Å². The Balaban J connectivity index is 1.72. The van der Waals surface area contributed by atoms with Gasteiger partial charge in [0.2, 0.25) is 0 Å². The minimum absolute atomic E-state index is 0.141. The second-order valence-electron chi connectivity index (χ2n) is 6.35. The molecule has 0 spiro atoms. The molecular weight excluding hydrogens is 369 g/mol. The largest absolute Gasteiger partial charge is 0.573 e. The van der Waals surface area contributed by atoms with Gasteiger partial charge in [0.25, 0.3) is 5.56 Å². The van der Waals surface area contributed by atoms with Crippen LogP contribution in [0.3, 0.4) is 0 Å². The third-order valence-corrected chi connectivity index (χ3v) is 4.52. The van der Waals surface area contributed by atoms with Crippen LogP contribution in [-0.2, 0) is 6.42 Å². The summed E-state index contributed by atoms with van der Waals surface area (Å²) in [4.78, 5) is 23.9. The summed E-state index contributed by atoms with van der Waals surface area (Å²) in [6.45, 7) is 0.210. The second-order valence-corrected chi connectivity index (χ2v) is 6.35. The average molecular weight is 385 g/mol. The van der Waals surface area contributed by atoms with Crippen LogP contribution in [0.2, 0.25) is 0 Å². The van der Waals surface area contributed by atoms with Gasteiger partial charge >= 0.3 is 6.36 Å². The van der Waals surface area contributed by atoms with Crippen LogP contribution in [0, 0.1) is 0 Å². The molecule has 1 aromatic heterocycles. The Hall–Kier alpha value is -2.91. The number of ether oxygens (including phenoxy) is 1. The number of aromatic nitrogens is 1. The van der Waals surface area contributed by atoms with E-state index >= 15 is 0 Å². The second kappa shape index (κ2) is 7.37. The van der Waals surface area contributed by atoms with E-state index in [-0.39, 0.29) is 30.2 Å². The van der Waals surface area contributed by atoms with E-state index in [4.69, 9.17) is 4.52 Å². The highest BCUT2D eigenvalue weighted by atomic mass is 19.4. The van der Waals surface area contributed by atoms with Crippen LogP contribution in [0.4, 0.5) is 18.0 Å². The molecule has 10 heteroatoms. The van der Waals surface area contributed by atoms with Crippen LogP contribution in [0.1, 0.15) is 30.1 Å². The summed E-state index contributed by atoms with van der Waals surface area (Å²) < 4.78 is 45.6. The molecule has 0 saturated carbocycles. The zero-order valence-corrected chi connectivity index (χ0v) is 14.0. The minimum Gasteiger partial charge on any atom is -0.530 e. The van der Waals surface area contributed by atoms with Crippen molar-refractivity contribution in [1.82, 2.24) is 10.1 Å². The lowest BCUT2D eigenvalue weighted by molar-refractivity contribution is -0.274. The molecule has 2 aromatic rings. The fraction of sp³-hybridized carbons (Fsp3) is 0.412. The maximum absolute atomic E-state index is 12.2. The fourth-order valence-corrected chi connectivity index (χ4v) is 3.34. The van der Waals surface area contributed by atoms with Gasteiger partial charge in [0.15, 0.2) is 0 Å². The Morgan fingerprint density at radius 1 is 1.33 bits per heavy atom. The van der Waals surface area contributed by atoms with Crippen molar-refractivity contribution in [2.45, 2.75) is 37.6 Å². The number of H-pyrrole nitrogens is 1. The van der Waals surface area contributed by atoms with E-state index in [2.05, 4.69) is 9.89 Å². The molecule has 0 aliphatic carbocycles. The molecule has 1 N–H and O–H groups in total. The number of amides is 1. The lowest BCUT2D eigenvalue weighted by atomic mass is 9.86. The van der Waals surface area contributed by atoms with Crippen molar-refractivity contribution in [1.29, 1.82) is 0 Å². The van der Waals surface area contributed by atoms with Crippen LogP contribution >= 0.6 is 0 Å². The molecule has 1 saturated heterocycles. The van der Waals surface area contributed by atoms with Gasteiger partial charge in [-0.05, 0) is 37.0 Å². The molecule has 27 heavy (non-hydrogen) atoms. The van der Waals surface area contributed by atoms with Crippen LogP contribution in [0.15, 0.2) is 39.6 Å². The number of benzene rings is 1. The predicted octanol–water partition coefficient (Wildman–Crippen LogP) is 2.00. The molecule has 0 radical (unpaired) electrons. The number of halogens is 3. The van der Waals surface area contributed by atoms with Crippen molar-refractivity contribution in [3.63, 3.8) is 0 Å². The summed E-state index contributed by atoms with van der Waals surface area (Å²) in [5.74, 6) is -0.0343. The molecule has 1 aliphatic heterocycles. The molecule has 1 fully saturated rings. The maximum atomic E-state index is 12.2. The Bertz CT molecular complexity index is 843. The van der Waals surface area contributed by atoms with Gasteiger partial charge in [-0.1, -0.05) is 12.1 Å². The van der Waals surface area contributed by atoms with Gasteiger partial charge in [0.05, 0.1) is 0 Å². The van der Waals surface area contributed by atoms with E-state index in [1.54, 1.807) is 0 Å². The number of carboxylic acid groups (broad SMARTS) is 1. The third-order valence-electron chi connectivity index (χ3n) is 4.52. The Morgan fingerprint density at radius 2 is 2.04 bits per heavy atom. The van der Waals surface area contributed by atoms with Crippen molar-refractivity contribution in [2.75, 3.05) is 6.54 Å². The number of rotatable bonds is 4. The summed E-state index contributed by atoms with van der Waals surface area (Å²) in [5.41, 5.74) is 0.279. The molecule has 0 bridgehead atoms. The smallest absolute Gasteiger partial charge is 0.530 e. The number of nitrogens with one attached hydrogen (secondary N) is 1. The van der Waals surface area contributed by atoms with E-state index in [9.17, 15) is 27.9 Å². The molecule has 2 atom stereocenters. The Kier molecular flexibility index (Phi) is 5.15. The number of carbonyl (C=O) groups excluding carboxylic acids is 1. The number of piperidine rings is 1. The number of likely N-dealkylation sites (tertiary alicyclic amines) is 1. The first kappa shape index (κ1) is 18.9. The number of nitrogens with zero attached hydrogens (tertiary/aromatic N) is 1. The van der Waals surface area contributed by atoms with E-state index < -0.39 is 18.5 Å². The van der Waals surface area contributed by atoms with Crippen molar-refractivity contribution < 1.29 is 32.3 Å². The van der Waals surface area contributed by atoms with Crippen LogP contribution in [0.25, 0.3) is 0 Å². The SMILES string of the molecule is O=C([O-])N1CC[C@@H](c2cc(=O)[nH]o2)C[C@@H]1Cc1ccc(OC(F)(F)F)cc1. The third kappa shape index (κ3) is 4.83. The van der Waals surface area contributed by atoms with E-state index in [1.807, 2.05) is 0 Å². The van der Waals surface area contributed by atoms with E-state index in [1.165, 1.54) is 35.2 Å². The summed E-state index contributed by atoms with van der Waals surface area (Å²) in [6.07, 6.45) is -4.93. The quantitative estimate of drug-likeness (QED) is 0.868. The standard InChI is InChI=1S/C17H17F3N2O5/c18-17(19,20)26-13-3-1-10(2-4-13)7-12-8-11(5-6-22(12)16(24)25)14-9-15(23)21-27-14/h1-4,9,11-12H,5-8H2,(H,21,23)(H,24,25)/p-1/t11-,12+/m1/s1.